The Hall–Kier alpha value is -2.08. The molecule has 0 N–H and O–H groups in total. The molecule has 2 rings (SSSR count). The molecule has 6 heteroatoms. The van der Waals surface area contributed by atoms with Crippen molar-refractivity contribution in [3.63, 3.8) is 0 Å². The van der Waals surface area contributed by atoms with Crippen molar-refractivity contribution in [1.82, 2.24) is 4.90 Å². The number of hydrogen-bond donors (Lipinski definition) is 0. The van der Waals surface area contributed by atoms with Gasteiger partial charge in [0.05, 0.1) is 13.2 Å². The molecule has 6 nitrogen and oxygen atoms in total. The predicted molar refractivity (Wildman–Crippen MR) is 93.6 cm³/mol. The van der Waals surface area contributed by atoms with Gasteiger partial charge in [0.1, 0.15) is 23.2 Å². The molecule has 1 saturated heterocycles. The van der Waals surface area contributed by atoms with E-state index >= 15 is 0 Å². The van der Waals surface area contributed by atoms with Crippen LogP contribution >= 0.6 is 0 Å². The largest absolute Gasteiger partial charge is 0.497 e. The van der Waals surface area contributed by atoms with Crippen molar-refractivity contribution in [1.29, 1.82) is 0 Å². The summed E-state index contributed by atoms with van der Waals surface area (Å²) in [5.74, 6) is 0.752. The molecule has 1 aliphatic rings. The van der Waals surface area contributed by atoms with E-state index < -0.39 is 29.6 Å². The zero-order valence-electron chi connectivity index (χ0n) is 15.7. The van der Waals surface area contributed by atoms with Gasteiger partial charge in [0, 0.05) is 0 Å². The summed E-state index contributed by atoms with van der Waals surface area (Å²) >= 11 is 0. The second-order valence-electron chi connectivity index (χ2n) is 7.64. The van der Waals surface area contributed by atoms with Crippen LogP contribution in [0.4, 0.5) is 4.79 Å². The Morgan fingerprint density at radius 3 is 2.36 bits per heavy atom. The summed E-state index contributed by atoms with van der Waals surface area (Å²) in [5, 5.41) is 0. The molecule has 1 heterocycles. The fourth-order valence-corrected chi connectivity index (χ4v) is 3.01. The number of hydrogen-bond acceptors (Lipinski definition) is 5. The van der Waals surface area contributed by atoms with E-state index in [0.717, 1.165) is 17.6 Å². The van der Waals surface area contributed by atoms with Gasteiger partial charge in [0.25, 0.3) is 0 Å². The van der Waals surface area contributed by atoms with Crippen molar-refractivity contribution in [2.75, 3.05) is 7.11 Å². The van der Waals surface area contributed by atoms with E-state index in [0.29, 0.717) is 6.42 Å². The number of rotatable bonds is 4. The molecule has 1 fully saturated rings. The first-order valence-electron chi connectivity index (χ1n) is 8.36. The van der Waals surface area contributed by atoms with E-state index in [9.17, 15) is 9.59 Å². The van der Waals surface area contributed by atoms with Gasteiger partial charge in [-0.25, -0.2) is 4.79 Å². The number of benzene rings is 1. The Bertz CT molecular complexity index is 618. The van der Waals surface area contributed by atoms with Crippen molar-refractivity contribution in [3.05, 3.63) is 29.8 Å². The first-order valence-corrected chi connectivity index (χ1v) is 8.36. The summed E-state index contributed by atoms with van der Waals surface area (Å²) in [4.78, 5) is 25.8. The number of methoxy groups -OCH3 is 1. The summed E-state index contributed by atoms with van der Waals surface area (Å²) < 4.78 is 16.5. The Morgan fingerprint density at radius 1 is 1.28 bits per heavy atom. The Kier molecular flexibility index (Phi) is 5.42. The monoisotopic (exact) mass is 349 g/mol. The zero-order valence-corrected chi connectivity index (χ0v) is 15.7. The molecule has 1 aromatic carbocycles. The first-order chi connectivity index (χ1) is 11.6. The molecule has 0 bridgehead atoms. The molecule has 0 saturated carbocycles. The first kappa shape index (κ1) is 19.2. The number of nitrogens with zero attached hydrogens (tertiary/aromatic N) is 1. The van der Waals surface area contributed by atoms with E-state index in [1.54, 1.807) is 21.0 Å². The molecule has 0 radical (unpaired) electrons. The minimum atomic E-state index is -0.926. The van der Waals surface area contributed by atoms with E-state index in [1.165, 1.54) is 4.90 Å². The predicted octanol–water partition coefficient (Wildman–Crippen LogP) is 3.18. The molecule has 25 heavy (non-hydrogen) atoms. The maximum atomic E-state index is 12.7. The van der Waals surface area contributed by atoms with Gasteiger partial charge < -0.3 is 19.0 Å². The van der Waals surface area contributed by atoms with Gasteiger partial charge in [0.2, 0.25) is 0 Å². The minimum absolute atomic E-state index is 0.434. The smallest absolute Gasteiger partial charge is 0.412 e. The van der Waals surface area contributed by atoms with Crippen LogP contribution in [-0.2, 0) is 20.7 Å². The molecule has 0 aliphatic carbocycles. The van der Waals surface area contributed by atoms with Crippen LogP contribution in [-0.4, -0.2) is 47.9 Å². The van der Waals surface area contributed by atoms with Gasteiger partial charge in [-0.05, 0) is 58.7 Å². The maximum absolute atomic E-state index is 12.7. The second-order valence-corrected chi connectivity index (χ2v) is 7.64. The van der Waals surface area contributed by atoms with Gasteiger partial charge in [-0.1, -0.05) is 12.1 Å². The Morgan fingerprint density at radius 2 is 1.88 bits per heavy atom. The fraction of sp³-hybridized carbons (Fsp3) is 0.579. The summed E-state index contributed by atoms with van der Waals surface area (Å²) in [5.41, 5.74) is -0.574. The van der Waals surface area contributed by atoms with E-state index in [-0.39, 0.29) is 0 Å². The zero-order chi connectivity index (χ0) is 18.8. The van der Waals surface area contributed by atoms with Crippen LogP contribution in [0.1, 0.15) is 40.2 Å². The normalized spacial score (nSPS) is 22.6. The summed E-state index contributed by atoms with van der Waals surface area (Å²) in [7, 11) is 1.61. The van der Waals surface area contributed by atoms with Gasteiger partial charge in [0.15, 0.2) is 6.29 Å². The molecule has 0 spiro atoms. The molecule has 1 aromatic rings. The highest BCUT2D eigenvalue weighted by Gasteiger charge is 2.51. The van der Waals surface area contributed by atoms with Gasteiger partial charge in [-0.2, -0.15) is 0 Å². The molecule has 2 unspecified atom stereocenters. The fourth-order valence-electron chi connectivity index (χ4n) is 3.01. The molecular weight excluding hydrogens is 322 g/mol. The molecular formula is C19H27NO5. The molecule has 138 valence electrons. The lowest BCUT2D eigenvalue weighted by Gasteiger charge is -2.35. The number of aldehydes is 1. The van der Waals surface area contributed by atoms with Crippen LogP contribution in [0.25, 0.3) is 0 Å². The van der Waals surface area contributed by atoms with Gasteiger partial charge in [-0.3, -0.25) is 4.90 Å². The Balaban J connectivity index is 2.28. The number of carbonyl (C=O) groups excluding carboxylic acids is 2. The van der Waals surface area contributed by atoms with Crippen molar-refractivity contribution in [2.45, 2.75) is 64.5 Å². The van der Waals surface area contributed by atoms with E-state index in [2.05, 4.69) is 0 Å². The van der Waals surface area contributed by atoms with Crippen molar-refractivity contribution >= 4 is 12.4 Å². The third-order valence-electron chi connectivity index (χ3n) is 4.04. The molecule has 0 aromatic heterocycles. The topological polar surface area (TPSA) is 65.1 Å². The van der Waals surface area contributed by atoms with E-state index in [4.69, 9.17) is 14.2 Å². The highest BCUT2D eigenvalue weighted by atomic mass is 16.6. The average molecular weight is 349 g/mol. The van der Waals surface area contributed by atoms with Crippen molar-refractivity contribution in [2.24, 2.45) is 0 Å². The minimum Gasteiger partial charge on any atom is -0.497 e. The van der Waals surface area contributed by atoms with Gasteiger partial charge in [-0.15, -0.1) is 0 Å². The third kappa shape index (κ3) is 4.51. The standard InChI is InChI=1S/C19H27NO5/c1-18(2,3)25-17(22)20-15(16(12-21)24-19(20,4)5)11-13-7-9-14(23-6)10-8-13/h7-10,12,15-16H,11H2,1-6H3. The highest BCUT2D eigenvalue weighted by molar-refractivity contribution is 5.72. The number of ether oxygens (including phenoxy) is 3. The summed E-state index contributed by atoms with van der Waals surface area (Å²) in [6.07, 6.45) is 0.0427. The maximum Gasteiger partial charge on any atom is 0.412 e. The SMILES string of the molecule is COc1ccc(CC2C(C=O)OC(C)(C)N2C(=O)OC(C)(C)C)cc1. The van der Waals surface area contributed by atoms with Gasteiger partial charge >= 0.3 is 6.09 Å². The van der Waals surface area contributed by atoms with Crippen molar-refractivity contribution in [3.8, 4) is 5.75 Å². The van der Waals surface area contributed by atoms with Crippen LogP contribution in [0.5, 0.6) is 5.75 Å². The lowest BCUT2D eigenvalue weighted by Crippen LogP contribution is -2.51. The quantitative estimate of drug-likeness (QED) is 0.781. The summed E-state index contributed by atoms with van der Waals surface area (Å²) in [6, 6.07) is 7.10. The molecule has 1 amide bonds. The van der Waals surface area contributed by atoms with Crippen LogP contribution in [0.2, 0.25) is 0 Å². The van der Waals surface area contributed by atoms with Crippen molar-refractivity contribution < 1.29 is 23.8 Å². The van der Waals surface area contributed by atoms with E-state index in [1.807, 2.05) is 45.0 Å². The average Bonchev–Trinajstić information content (AvgIpc) is 2.76. The Labute approximate surface area is 149 Å². The number of carbonyl (C=O) groups is 2. The lowest BCUT2D eigenvalue weighted by atomic mass is 10.0. The molecule has 1 aliphatic heterocycles. The highest BCUT2D eigenvalue weighted by Crippen LogP contribution is 2.34. The number of amides is 1. The van der Waals surface area contributed by atoms with Crippen LogP contribution < -0.4 is 4.74 Å². The third-order valence-corrected chi connectivity index (χ3v) is 4.04. The summed E-state index contributed by atoms with van der Waals surface area (Å²) in [6.45, 7) is 8.96. The lowest BCUT2D eigenvalue weighted by molar-refractivity contribution is -0.124. The second kappa shape index (κ2) is 7.04. The van der Waals surface area contributed by atoms with Crippen LogP contribution in [0, 0.1) is 0 Å². The van der Waals surface area contributed by atoms with Crippen LogP contribution in [0.3, 0.4) is 0 Å². The molecule has 2 atom stereocenters. The van der Waals surface area contributed by atoms with Crippen LogP contribution in [0.15, 0.2) is 24.3 Å².